The molecule has 1 amide bonds. The van der Waals surface area contributed by atoms with Crippen LogP contribution in [0, 0.1) is 0 Å². The molecule has 100 valence electrons. The van der Waals surface area contributed by atoms with Crippen molar-refractivity contribution < 1.29 is 4.79 Å². The maximum atomic E-state index is 11.1. The van der Waals surface area contributed by atoms with Crippen molar-refractivity contribution in [3.8, 4) is 0 Å². The molecule has 0 radical (unpaired) electrons. The topological polar surface area (TPSA) is 68.0 Å². The average molecular weight is 275 g/mol. The molecule has 0 aliphatic carbocycles. The van der Waals surface area contributed by atoms with Crippen molar-refractivity contribution in [1.82, 2.24) is 4.98 Å². The highest BCUT2D eigenvalue weighted by Gasteiger charge is 2.17. The lowest BCUT2D eigenvalue weighted by Gasteiger charge is -2.14. The third-order valence-corrected chi connectivity index (χ3v) is 3.43. The maximum absolute atomic E-state index is 11.1. The second-order valence-corrected chi connectivity index (χ2v) is 6.22. The Morgan fingerprint density at radius 3 is 2.68 bits per heavy atom. The number of carbonyl (C=O) groups excluding carboxylic acids is 1. The Morgan fingerprint density at radius 1 is 1.37 bits per heavy atom. The zero-order chi connectivity index (χ0) is 14.0. The summed E-state index contributed by atoms with van der Waals surface area (Å²) < 4.78 is 0. The van der Waals surface area contributed by atoms with Crippen molar-refractivity contribution in [3.05, 3.63) is 40.9 Å². The highest BCUT2D eigenvalue weighted by atomic mass is 32.1. The molecule has 2 aromatic rings. The fraction of sp³-hybridized carbons (Fsp3) is 0.286. The number of anilines is 2. The number of thiazole rings is 1. The molecule has 0 fully saturated rings. The number of hydrogen-bond acceptors (Lipinski definition) is 4. The Bertz CT molecular complexity index is 599. The lowest BCUT2D eigenvalue weighted by atomic mass is 9.93. The molecular weight excluding hydrogens is 258 g/mol. The molecule has 0 bridgehead atoms. The molecule has 2 rings (SSSR count). The molecule has 1 aromatic carbocycles. The normalized spacial score (nSPS) is 11.3. The van der Waals surface area contributed by atoms with Gasteiger partial charge in [-0.05, 0) is 18.2 Å². The number of nitrogens with two attached hydrogens (primary N) is 1. The number of primary amides is 1. The summed E-state index contributed by atoms with van der Waals surface area (Å²) in [6.07, 6.45) is 0. The fourth-order valence-corrected chi connectivity index (χ4v) is 2.51. The van der Waals surface area contributed by atoms with Crippen LogP contribution in [-0.4, -0.2) is 10.9 Å². The lowest BCUT2D eigenvalue weighted by molar-refractivity contribution is 0.100. The van der Waals surface area contributed by atoms with Crippen LogP contribution in [0.4, 0.5) is 10.8 Å². The third kappa shape index (κ3) is 3.32. The lowest BCUT2D eigenvalue weighted by Crippen LogP contribution is -2.11. The molecule has 0 spiro atoms. The van der Waals surface area contributed by atoms with E-state index >= 15 is 0 Å². The summed E-state index contributed by atoms with van der Waals surface area (Å²) >= 11 is 1.55. The SMILES string of the molecule is CC(C)(C)c1csc(Nc2cccc(C(N)=O)c2)n1. The molecule has 0 saturated heterocycles. The van der Waals surface area contributed by atoms with Gasteiger partial charge in [-0.25, -0.2) is 4.98 Å². The van der Waals surface area contributed by atoms with E-state index in [1.807, 2.05) is 11.4 Å². The van der Waals surface area contributed by atoms with Crippen molar-refractivity contribution in [2.24, 2.45) is 5.73 Å². The second kappa shape index (κ2) is 5.01. The average Bonchev–Trinajstić information content (AvgIpc) is 2.77. The molecule has 0 saturated carbocycles. The number of hydrogen-bond donors (Lipinski definition) is 2. The number of amides is 1. The third-order valence-electron chi connectivity index (χ3n) is 2.67. The van der Waals surface area contributed by atoms with Gasteiger partial charge in [-0.15, -0.1) is 11.3 Å². The Balaban J connectivity index is 2.19. The Kier molecular flexibility index (Phi) is 3.57. The highest BCUT2D eigenvalue weighted by molar-refractivity contribution is 7.13. The first kappa shape index (κ1) is 13.5. The van der Waals surface area contributed by atoms with Crippen molar-refractivity contribution in [3.63, 3.8) is 0 Å². The fourth-order valence-electron chi connectivity index (χ4n) is 1.55. The van der Waals surface area contributed by atoms with Crippen LogP contribution in [0.25, 0.3) is 0 Å². The minimum absolute atomic E-state index is 0.0332. The molecule has 19 heavy (non-hydrogen) atoms. The summed E-state index contributed by atoms with van der Waals surface area (Å²) in [5, 5.41) is 6.04. The van der Waals surface area contributed by atoms with E-state index in [2.05, 4.69) is 31.1 Å². The summed E-state index contributed by atoms with van der Waals surface area (Å²) in [7, 11) is 0. The van der Waals surface area contributed by atoms with E-state index in [0.29, 0.717) is 5.56 Å². The van der Waals surface area contributed by atoms with E-state index in [9.17, 15) is 4.79 Å². The smallest absolute Gasteiger partial charge is 0.248 e. The molecular formula is C14H17N3OS. The number of nitrogens with zero attached hydrogens (tertiary/aromatic N) is 1. The van der Waals surface area contributed by atoms with Crippen LogP contribution in [0.15, 0.2) is 29.6 Å². The van der Waals surface area contributed by atoms with E-state index in [1.165, 1.54) is 0 Å². The summed E-state index contributed by atoms with van der Waals surface area (Å²) in [5.74, 6) is -0.432. The van der Waals surface area contributed by atoms with Crippen LogP contribution < -0.4 is 11.1 Å². The number of benzene rings is 1. The van der Waals surface area contributed by atoms with Gasteiger partial charge in [0.1, 0.15) is 0 Å². The maximum Gasteiger partial charge on any atom is 0.248 e. The highest BCUT2D eigenvalue weighted by Crippen LogP contribution is 2.28. The van der Waals surface area contributed by atoms with Gasteiger partial charge in [-0.1, -0.05) is 26.8 Å². The van der Waals surface area contributed by atoms with E-state index in [-0.39, 0.29) is 5.41 Å². The first-order valence-electron chi connectivity index (χ1n) is 5.99. The van der Waals surface area contributed by atoms with Crippen LogP contribution in [0.2, 0.25) is 0 Å². The second-order valence-electron chi connectivity index (χ2n) is 5.36. The van der Waals surface area contributed by atoms with E-state index in [1.54, 1.807) is 29.5 Å². The van der Waals surface area contributed by atoms with Crippen molar-refractivity contribution in [1.29, 1.82) is 0 Å². The van der Waals surface area contributed by atoms with Gasteiger partial charge in [0.15, 0.2) is 5.13 Å². The van der Waals surface area contributed by atoms with Crippen molar-refractivity contribution >= 4 is 28.1 Å². The van der Waals surface area contributed by atoms with Gasteiger partial charge in [0, 0.05) is 22.0 Å². The summed E-state index contributed by atoms with van der Waals surface area (Å²) in [6.45, 7) is 6.37. The molecule has 1 aromatic heterocycles. The standard InChI is InChI=1S/C14H17N3OS/c1-14(2,3)11-8-19-13(17-11)16-10-6-4-5-9(7-10)12(15)18/h4-8H,1-3H3,(H2,15,18)(H,16,17). The zero-order valence-corrected chi connectivity index (χ0v) is 12.0. The first-order chi connectivity index (χ1) is 8.86. The van der Waals surface area contributed by atoms with Crippen LogP contribution in [0.1, 0.15) is 36.8 Å². The number of carbonyl (C=O) groups is 1. The van der Waals surface area contributed by atoms with E-state index in [0.717, 1.165) is 16.5 Å². The largest absolute Gasteiger partial charge is 0.366 e. The quantitative estimate of drug-likeness (QED) is 0.903. The van der Waals surface area contributed by atoms with Gasteiger partial charge in [0.05, 0.1) is 5.69 Å². The van der Waals surface area contributed by atoms with Crippen LogP contribution in [-0.2, 0) is 5.41 Å². The summed E-state index contributed by atoms with van der Waals surface area (Å²) in [5.41, 5.74) is 7.63. The molecule has 1 heterocycles. The Labute approximate surface area is 116 Å². The monoisotopic (exact) mass is 275 g/mol. The minimum Gasteiger partial charge on any atom is -0.366 e. The van der Waals surface area contributed by atoms with Gasteiger partial charge in [0.2, 0.25) is 5.91 Å². The molecule has 4 nitrogen and oxygen atoms in total. The van der Waals surface area contributed by atoms with Gasteiger partial charge >= 0.3 is 0 Å². The number of nitrogens with one attached hydrogen (secondary N) is 1. The van der Waals surface area contributed by atoms with Crippen LogP contribution in [0.5, 0.6) is 0 Å². The van der Waals surface area contributed by atoms with Crippen LogP contribution >= 0.6 is 11.3 Å². The van der Waals surface area contributed by atoms with Crippen molar-refractivity contribution in [2.45, 2.75) is 26.2 Å². The predicted octanol–water partition coefficient (Wildman–Crippen LogP) is 3.28. The van der Waals surface area contributed by atoms with Gasteiger partial charge in [0.25, 0.3) is 0 Å². The van der Waals surface area contributed by atoms with E-state index in [4.69, 9.17) is 5.73 Å². The summed E-state index contributed by atoms with van der Waals surface area (Å²) in [6, 6.07) is 7.09. The number of rotatable bonds is 3. The summed E-state index contributed by atoms with van der Waals surface area (Å²) in [4.78, 5) is 15.7. The predicted molar refractivity (Wildman–Crippen MR) is 79.1 cm³/mol. The first-order valence-corrected chi connectivity index (χ1v) is 6.87. The molecule has 0 aliphatic rings. The molecule has 3 N–H and O–H groups in total. The number of aromatic nitrogens is 1. The Hall–Kier alpha value is -1.88. The van der Waals surface area contributed by atoms with Gasteiger partial charge in [-0.3, -0.25) is 4.79 Å². The van der Waals surface area contributed by atoms with Crippen LogP contribution in [0.3, 0.4) is 0 Å². The molecule has 0 atom stereocenters. The molecule has 0 aliphatic heterocycles. The molecule has 0 unspecified atom stereocenters. The van der Waals surface area contributed by atoms with E-state index < -0.39 is 5.91 Å². The van der Waals surface area contributed by atoms with Gasteiger partial charge < -0.3 is 11.1 Å². The van der Waals surface area contributed by atoms with Gasteiger partial charge in [-0.2, -0.15) is 0 Å². The Morgan fingerprint density at radius 2 is 2.11 bits per heavy atom. The minimum atomic E-state index is -0.432. The zero-order valence-electron chi connectivity index (χ0n) is 11.2. The van der Waals surface area contributed by atoms with Crippen molar-refractivity contribution in [2.75, 3.05) is 5.32 Å². The molecule has 5 heteroatoms.